The average Bonchev–Trinajstić information content (AvgIpc) is 3.13. The zero-order chi connectivity index (χ0) is 20.7. The number of amides is 1. The van der Waals surface area contributed by atoms with Crippen LogP contribution < -0.4 is 10.9 Å². The Labute approximate surface area is 177 Å². The molecule has 3 heterocycles. The first-order valence-corrected chi connectivity index (χ1v) is 11.1. The quantitative estimate of drug-likeness (QED) is 0.513. The number of nitrogens with one attached hydrogen (secondary N) is 1. The highest BCUT2D eigenvalue weighted by atomic mass is 32.1. The number of anilines is 1. The zero-order valence-electron chi connectivity index (χ0n) is 16.8. The minimum absolute atomic E-state index is 0.00879. The van der Waals surface area contributed by atoms with Crippen molar-refractivity contribution in [3.63, 3.8) is 0 Å². The summed E-state index contributed by atoms with van der Waals surface area (Å²) in [4.78, 5) is 35.1. The lowest BCUT2D eigenvalue weighted by molar-refractivity contribution is 0.102. The number of aryl methyl sites for hydroxylation is 2. The smallest absolute Gasteiger partial charge is 0.261 e. The largest absolute Gasteiger partial charge is 0.298 e. The first-order chi connectivity index (χ1) is 14.6. The number of rotatable bonds is 2. The molecule has 0 aliphatic carbocycles. The van der Waals surface area contributed by atoms with Gasteiger partial charge in [-0.2, -0.15) is 0 Å². The van der Waals surface area contributed by atoms with E-state index in [1.807, 2.05) is 29.7 Å². The number of hydrogen-bond acceptors (Lipinski definition) is 5. The van der Waals surface area contributed by atoms with Gasteiger partial charge in [-0.05, 0) is 49.6 Å². The molecule has 6 nitrogen and oxygen atoms in total. The summed E-state index contributed by atoms with van der Waals surface area (Å²) < 4.78 is 2.85. The highest BCUT2D eigenvalue weighted by Crippen LogP contribution is 2.28. The fraction of sp³-hybridized carbons (Fsp3) is 0.304. The van der Waals surface area contributed by atoms with E-state index in [9.17, 15) is 9.59 Å². The first-order valence-electron chi connectivity index (χ1n) is 10.3. The summed E-state index contributed by atoms with van der Waals surface area (Å²) in [6, 6.07) is 11.1. The van der Waals surface area contributed by atoms with Crippen LogP contribution in [-0.2, 0) is 13.0 Å². The van der Waals surface area contributed by atoms with E-state index >= 15 is 0 Å². The molecule has 0 saturated heterocycles. The van der Waals surface area contributed by atoms with Crippen molar-refractivity contribution >= 4 is 43.5 Å². The maximum Gasteiger partial charge on any atom is 0.261 e. The fourth-order valence-corrected chi connectivity index (χ4v) is 4.98. The number of carbonyl (C=O) groups excluding carboxylic acids is 1. The Morgan fingerprint density at radius 3 is 2.83 bits per heavy atom. The van der Waals surface area contributed by atoms with Gasteiger partial charge in [0.1, 0.15) is 5.82 Å². The number of thiazole rings is 1. The monoisotopic (exact) mass is 418 g/mol. The molecule has 30 heavy (non-hydrogen) atoms. The average molecular weight is 419 g/mol. The number of hydrogen-bond donors (Lipinski definition) is 1. The van der Waals surface area contributed by atoms with E-state index in [2.05, 4.69) is 10.3 Å². The van der Waals surface area contributed by atoms with Gasteiger partial charge in [0.2, 0.25) is 0 Å². The molecule has 4 aromatic rings. The van der Waals surface area contributed by atoms with E-state index in [1.165, 1.54) is 11.3 Å². The minimum atomic E-state index is -0.248. The highest BCUT2D eigenvalue weighted by Gasteiger charge is 2.16. The lowest BCUT2D eigenvalue weighted by Crippen LogP contribution is -2.26. The number of carbonyl (C=O) groups is 1. The SMILES string of the molecule is Cc1cccc2sc(NC(=O)c3ccc4c(=O)n5c(nc4c3)CCCCCC5)nc12. The summed E-state index contributed by atoms with van der Waals surface area (Å²) in [6.45, 7) is 2.72. The number of fused-ring (bicyclic) bond motifs is 3. The summed E-state index contributed by atoms with van der Waals surface area (Å²) in [5.74, 6) is 0.577. The third-order valence-electron chi connectivity index (χ3n) is 5.67. The van der Waals surface area contributed by atoms with Gasteiger partial charge in [0.05, 0.1) is 21.1 Å². The van der Waals surface area contributed by atoms with Gasteiger partial charge in [-0.3, -0.25) is 19.5 Å². The second-order valence-corrected chi connectivity index (χ2v) is 8.81. The number of benzene rings is 2. The highest BCUT2D eigenvalue weighted by molar-refractivity contribution is 7.22. The number of para-hydroxylation sites is 1. The lowest BCUT2D eigenvalue weighted by Gasteiger charge is -2.16. The van der Waals surface area contributed by atoms with Crippen LogP contribution in [0.1, 0.15) is 47.4 Å². The van der Waals surface area contributed by atoms with E-state index in [4.69, 9.17) is 4.98 Å². The molecule has 2 aromatic heterocycles. The molecular formula is C23H22N4O2S. The third kappa shape index (κ3) is 3.39. The summed E-state index contributed by atoms with van der Waals surface area (Å²) in [5, 5.41) is 4.02. The Kier molecular flexibility index (Phi) is 4.83. The van der Waals surface area contributed by atoms with Crippen LogP contribution in [0.2, 0.25) is 0 Å². The minimum Gasteiger partial charge on any atom is -0.298 e. The van der Waals surface area contributed by atoms with Gasteiger partial charge in [-0.15, -0.1) is 0 Å². The fourth-order valence-electron chi connectivity index (χ4n) is 4.05. The van der Waals surface area contributed by atoms with Crippen LogP contribution in [0.25, 0.3) is 21.1 Å². The predicted molar refractivity (Wildman–Crippen MR) is 120 cm³/mol. The molecule has 152 valence electrons. The summed E-state index contributed by atoms with van der Waals surface area (Å²) in [7, 11) is 0. The van der Waals surface area contributed by atoms with Crippen molar-refractivity contribution in [2.24, 2.45) is 0 Å². The van der Waals surface area contributed by atoms with Gasteiger partial charge >= 0.3 is 0 Å². The van der Waals surface area contributed by atoms with Gasteiger partial charge in [-0.25, -0.2) is 9.97 Å². The van der Waals surface area contributed by atoms with E-state index in [0.29, 0.717) is 21.6 Å². The van der Waals surface area contributed by atoms with Crippen LogP contribution >= 0.6 is 11.3 Å². The second kappa shape index (κ2) is 7.65. The molecule has 0 radical (unpaired) electrons. The van der Waals surface area contributed by atoms with Gasteiger partial charge in [-0.1, -0.05) is 36.3 Å². The molecule has 0 atom stereocenters. The zero-order valence-corrected chi connectivity index (χ0v) is 17.6. The Balaban J connectivity index is 1.49. The van der Waals surface area contributed by atoms with Crippen molar-refractivity contribution in [3.05, 3.63) is 63.7 Å². The molecular weight excluding hydrogens is 396 g/mol. The standard InChI is InChI=1S/C23H22N4O2S/c1-14-7-6-8-18-20(14)25-23(30-18)26-21(28)15-10-11-16-17(13-15)24-19-9-4-2-3-5-12-27(19)22(16)29/h6-8,10-11,13H,2-5,9,12H2,1H3,(H,25,26,28). The normalized spacial score (nSPS) is 14.3. The molecule has 7 heteroatoms. The van der Waals surface area contributed by atoms with Crippen LogP contribution in [0.5, 0.6) is 0 Å². The summed E-state index contributed by atoms with van der Waals surface area (Å²) in [5.41, 5.74) is 3.03. The molecule has 5 rings (SSSR count). The molecule has 0 bridgehead atoms. The van der Waals surface area contributed by atoms with Crippen molar-refractivity contribution in [2.45, 2.75) is 45.6 Å². The molecule has 0 fully saturated rings. The Hall–Kier alpha value is -3.06. The summed E-state index contributed by atoms with van der Waals surface area (Å²) >= 11 is 1.45. The molecule has 0 saturated carbocycles. The van der Waals surface area contributed by atoms with Crippen molar-refractivity contribution in [3.8, 4) is 0 Å². The molecule has 0 spiro atoms. The maximum atomic E-state index is 13.0. The van der Waals surface area contributed by atoms with Crippen LogP contribution in [-0.4, -0.2) is 20.4 Å². The van der Waals surface area contributed by atoms with Crippen molar-refractivity contribution in [1.29, 1.82) is 0 Å². The van der Waals surface area contributed by atoms with Crippen LogP contribution in [0, 0.1) is 6.92 Å². The maximum absolute atomic E-state index is 13.0. The molecule has 0 unspecified atom stereocenters. The molecule has 1 aliphatic rings. The topological polar surface area (TPSA) is 76.9 Å². The van der Waals surface area contributed by atoms with Gasteiger partial charge in [0.15, 0.2) is 5.13 Å². The number of nitrogens with zero attached hydrogens (tertiary/aromatic N) is 3. The van der Waals surface area contributed by atoms with Crippen molar-refractivity contribution in [1.82, 2.24) is 14.5 Å². The van der Waals surface area contributed by atoms with Crippen molar-refractivity contribution in [2.75, 3.05) is 5.32 Å². The van der Waals surface area contributed by atoms with Gasteiger partial charge in [0.25, 0.3) is 11.5 Å². The molecule has 2 aromatic carbocycles. The van der Waals surface area contributed by atoms with Crippen LogP contribution in [0.15, 0.2) is 41.2 Å². The van der Waals surface area contributed by atoms with Gasteiger partial charge in [0, 0.05) is 18.5 Å². The molecule has 1 amide bonds. The first kappa shape index (κ1) is 18.9. The van der Waals surface area contributed by atoms with Crippen LogP contribution in [0.4, 0.5) is 5.13 Å². The van der Waals surface area contributed by atoms with E-state index in [-0.39, 0.29) is 11.5 Å². The Bertz CT molecular complexity index is 1340. The predicted octanol–water partition coefficient (Wildman–Crippen LogP) is 4.68. The van der Waals surface area contributed by atoms with E-state index < -0.39 is 0 Å². The lowest BCUT2D eigenvalue weighted by atomic mass is 10.1. The van der Waals surface area contributed by atoms with Gasteiger partial charge < -0.3 is 0 Å². The number of aromatic nitrogens is 3. The van der Waals surface area contributed by atoms with Crippen LogP contribution in [0.3, 0.4) is 0 Å². The summed E-state index contributed by atoms with van der Waals surface area (Å²) in [6.07, 6.45) is 5.15. The van der Waals surface area contributed by atoms with Crippen molar-refractivity contribution < 1.29 is 4.79 Å². The molecule has 1 N–H and O–H groups in total. The van der Waals surface area contributed by atoms with E-state index in [0.717, 1.165) is 60.3 Å². The Morgan fingerprint density at radius 1 is 1.10 bits per heavy atom. The van der Waals surface area contributed by atoms with E-state index in [1.54, 1.807) is 18.2 Å². The third-order valence-corrected chi connectivity index (χ3v) is 6.61. The second-order valence-electron chi connectivity index (χ2n) is 7.78. The molecule has 1 aliphatic heterocycles. The Morgan fingerprint density at radius 2 is 1.97 bits per heavy atom.